The molecule has 0 radical (unpaired) electrons. The highest BCUT2D eigenvalue weighted by Crippen LogP contribution is 2.39. The van der Waals surface area contributed by atoms with Gasteiger partial charge in [0.15, 0.2) is 0 Å². The van der Waals surface area contributed by atoms with Crippen LogP contribution >= 0.6 is 0 Å². The van der Waals surface area contributed by atoms with Gasteiger partial charge in [-0.15, -0.1) is 0 Å². The summed E-state index contributed by atoms with van der Waals surface area (Å²) in [5.74, 6) is 0.797. The van der Waals surface area contributed by atoms with Gasteiger partial charge < -0.3 is 24.8 Å². The lowest BCUT2D eigenvalue weighted by Gasteiger charge is -2.24. The first-order valence-corrected chi connectivity index (χ1v) is 12.0. The van der Waals surface area contributed by atoms with E-state index in [0.29, 0.717) is 29.6 Å². The Morgan fingerprint density at radius 2 is 2.03 bits per heavy atom. The standard InChI is InChI=1S/C26H29N7O3/c1-31(13-14-32-11-5-6-12-32)23-16-25(36-2)22(15-24(23)33(34)35)30-26-27-10-9-21(29-26)19-17-28-20-8-4-3-7-18(19)20/h3-4,7-10,15-17,28H,5-6,11-14H2,1-2H3,(H,27,29,30). The first-order valence-electron chi connectivity index (χ1n) is 12.0. The summed E-state index contributed by atoms with van der Waals surface area (Å²) in [4.78, 5) is 28.2. The van der Waals surface area contributed by atoms with Crippen molar-refractivity contribution in [1.29, 1.82) is 0 Å². The Kier molecular flexibility index (Phi) is 6.68. The van der Waals surface area contributed by atoms with Gasteiger partial charge in [0.25, 0.3) is 5.69 Å². The second-order valence-corrected chi connectivity index (χ2v) is 8.91. The first-order chi connectivity index (χ1) is 17.5. The summed E-state index contributed by atoms with van der Waals surface area (Å²) in [5.41, 5.74) is 3.63. The van der Waals surface area contributed by atoms with Crippen molar-refractivity contribution in [3.8, 4) is 17.0 Å². The van der Waals surface area contributed by atoms with Gasteiger partial charge in [-0.1, -0.05) is 18.2 Å². The Bertz CT molecular complexity index is 1380. The molecule has 186 valence electrons. The van der Waals surface area contributed by atoms with Crippen LogP contribution in [-0.4, -0.2) is 65.1 Å². The number of benzene rings is 2. The van der Waals surface area contributed by atoms with Gasteiger partial charge in [-0.3, -0.25) is 10.1 Å². The van der Waals surface area contributed by atoms with Crippen molar-refractivity contribution in [2.45, 2.75) is 12.8 Å². The lowest BCUT2D eigenvalue weighted by Crippen LogP contribution is -2.31. The maximum absolute atomic E-state index is 12.0. The fourth-order valence-electron chi connectivity index (χ4n) is 4.67. The lowest BCUT2D eigenvalue weighted by atomic mass is 10.1. The maximum atomic E-state index is 12.0. The van der Waals surface area contributed by atoms with Crippen LogP contribution in [0.15, 0.2) is 54.9 Å². The Morgan fingerprint density at radius 3 is 2.81 bits per heavy atom. The van der Waals surface area contributed by atoms with Crippen LogP contribution in [0.1, 0.15) is 12.8 Å². The predicted molar refractivity (Wildman–Crippen MR) is 141 cm³/mol. The van der Waals surface area contributed by atoms with E-state index in [1.165, 1.54) is 18.9 Å². The van der Waals surface area contributed by atoms with Crippen molar-refractivity contribution in [2.75, 3.05) is 50.6 Å². The number of nitro benzene ring substituents is 1. The molecule has 2 aromatic heterocycles. The van der Waals surface area contributed by atoms with Gasteiger partial charge in [-0.05, 0) is 38.1 Å². The van der Waals surface area contributed by atoms with Crippen molar-refractivity contribution in [1.82, 2.24) is 19.9 Å². The molecule has 1 aliphatic rings. The fourth-order valence-corrected chi connectivity index (χ4v) is 4.67. The lowest BCUT2D eigenvalue weighted by molar-refractivity contribution is -0.384. The highest BCUT2D eigenvalue weighted by Gasteiger charge is 2.23. The van der Waals surface area contributed by atoms with Crippen LogP contribution in [0.5, 0.6) is 5.75 Å². The molecule has 1 saturated heterocycles. The van der Waals surface area contributed by atoms with Crippen LogP contribution in [0.4, 0.5) is 23.0 Å². The number of rotatable bonds is 9. The van der Waals surface area contributed by atoms with Gasteiger partial charge in [-0.25, -0.2) is 9.97 Å². The van der Waals surface area contributed by atoms with E-state index in [-0.39, 0.29) is 10.6 Å². The molecule has 0 saturated carbocycles. The van der Waals surface area contributed by atoms with E-state index in [2.05, 4.69) is 25.2 Å². The summed E-state index contributed by atoms with van der Waals surface area (Å²) in [5, 5.41) is 16.2. The van der Waals surface area contributed by atoms with Crippen molar-refractivity contribution in [2.24, 2.45) is 0 Å². The molecular weight excluding hydrogens is 458 g/mol. The SMILES string of the molecule is COc1cc(N(C)CCN2CCCC2)c([N+](=O)[O-])cc1Nc1nccc(-c2c[nH]c3ccccc23)n1. The van der Waals surface area contributed by atoms with Crippen molar-refractivity contribution >= 4 is 33.9 Å². The molecule has 2 N–H and O–H groups in total. The number of nitrogens with zero attached hydrogens (tertiary/aromatic N) is 5. The van der Waals surface area contributed by atoms with Crippen LogP contribution in [0, 0.1) is 10.1 Å². The molecule has 0 spiro atoms. The quantitative estimate of drug-likeness (QED) is 0.255. The predicted octanol–water partition coefficient (Wildman–Crippen LogP) is 4.82. The molecule has 0 atom stereocenters. The molecular formula is C26H29N7O3. The van der Waals surface area contributed by atoms with Crippen LogP contribution < -0.4 is 15.0 Å². The first kappa shape index (κ1) is 23.6. The number of methoxy groups -OCH3 is 1. The van der Waals surface area contributed by atoms with E-state index in [1.807, 2.05) is 48.5 Å². The molecule has 1 fully saturated rings. The third kappa shape index (κ3) is 4.80. The van der Waals surface area contributed by atoms with Gasteiger partial charge in [0, 0.05) is 61.1 Å². The number of hydrogen-bond acceptors (Lipinski definition) is 8. The Labute approximate surface area is 209 Å². The molecule has 2 aromatic carbocycles. The van der Waals surface area contributed by atoms with Gasteiger partial charge in [-0.2, -0.15) is 0 Å². The minimum atomic E-state index is -0.366. The molecule has 5 rings (SSSR count). The number of fused-ring (bicyclic) bond motifs is 1. The number of para-hydroxylation sites is 1. The van der Waals surface area contributed by atoms with Crippen LogP contribution in [-0.2, 0) is 0 Å². The number of ether oxygens (including phenoxy) is 1. The average molecular weight is 488 g/mol. The van der Waals surface area contributed by atoms with Crippen molar-refractivity contribution < 1.29 is 9.66 Å². The Hall–Kier alpha value is -4.18. The molecule has 10 heteroatoms. The van der Waals surface area contributed by atoms with E-state index in [9.17, 15) is 10.1 Å². The summed E-state index contributed by atoms with van der Waals surface area (Å²) < 4.78 is 5.60. The van der Waals surface area contributed by atoms with Gasteiger partial charge in [0.1, 0.15) is 11.4 Å². The van der Waals surface area contributed by atoms with Crippen molar-refractivity contribution in [3.63, 3.8) is 0 Å². The molecule has 10 nitrogen and oxygen atoms in total. The second kappa shape index (κ2) is 10.2. The van der Waals surface area contributed by atoms with E-state index in [4.69, 9.17) is 4.74 Å². The van der Waals surface area contributed by atoms with Crippen LogP contribution in [0.3, 0.4) is 0 Å². The zero-order valence-electron chi connectivity index (χ0n) is 20.4. The third-order valence-corrected chi connectivity index (χ3v) is 6.62. The second-order valence-electron chi connectivity index (χ2n) is 8.91. The Balaban J connectivity index is 1.42. The van der Waals surface area contributed by atoms with E-state index in [1.54, 1.807) is 19.4 Å². The third-order valence-electron chi connectivity index (χ3n) is 6.62. The van der Waals surface area contributed by atoms with Gasteiger partial charge >= 0.3 is 0 Å². The molecule has 0 unspecified atom stereocenters. The molecule has 0 bridgehead atoms. The Morgan fingerprint density at radius 1 is 1.22 bits per heavy atom. The smallest absolute Gasteiger partial charge is 0.294 e. The number of aromatic amines is 1. The summed E-state index contributed by atoms with van der Waals surface area (Å²) >= 11 is 0. The maximum Gasteiger partial charge on any atom is 0.294 e. The monoisotopic (exact) mass is 487 g/mol. The summed E-state index contributed by atoms with van der Waals surface area (Å²) in [6, 6.07) is 13.0. The average Bonchev–Trinajstić information content (AvgIpc) is 3.57. The van der Waals surface area contributed by atoms with Gasteiger partial charge in [0.05, 0.1) is 23.4 Å². The topological polar surface area (TPSA) is 112 Å². The molecule has 4 aromatic rings. The summed E-state index contributed by atoms with van der Waals surface area (Å²) in [6.07, 6.45) is 5.99. The number of anilines is 3. The highest BCUT2D eigenvalue weighted by molar-refractivity contribution is 5.94. The summed E-state index contributed by atoms with van der Waals surface area (Å²) in [7, 11) is 3.42. The van der Waals surface area contributed by atoms with Crippen LogP contribution in [0.2, 0.25) is 0 Å². The molecule has 0 amide bonds. The number of aromatic nitrogens is 3. The minimum absolute atomic E-state index is 0.00462. The van der Waals surface area contributed by atoms with Crippen LogP contribution in [0.25, 0.3) is 22.2 Å². The zero-order valence-corrected chi connectivity index (χ0v) is 20.4. The molecule has 36 heavy (non-hydrogen) atoms. The highest BCUT2D eigenvalue weighted by atomic mass is 16.6. The summed E-state index contributed by atoms with van der Waals surface area (Å²) in [6.45, 7) is 3.72. The minimum Gasteiger partial charge on any atom is -0.494 e. The van der Waals surface area contributed by atoms with Crippen molar-refractivity contribution in [3.05, 3.63) is 65.0 Å². The number of hydrogen-bond donors (Lipinski definition) is 2. The molecule has 1 aliphatic heterocycles. The van der Waals surface area contributed by atoms with E-state index in [0.717, 1.165) is 41.8 Å². The normalized spacial score (nSPS) is 13.7. The largest absolute Gasteiger partial charge is 0.494 e. The number of nitrogens with one attached hydrogen (secondary N) is 2. The molecule has 0 aliphatic carbocycles. The number of nitro groups is 1. The zero-order chi connectivity index (χ0) is 25.1. The van der Waals surface area contributed by atoms with E-state index >= 15 is 0 Å². The number of H-pyrrole nitrogens is 1. The number of likely N-dealkylation sites (N-methyl/N-ethyl adjacent to an activating group) is 1. The van der Waals surface area contributed by atoms with Gasteiger partial charge in [0.2, 0.25) is 5.95 Å². The molecule has 3 heterocycles. The van der Waals surface area contributed by atoms with E-state index < -0.39 is 0 Å². The fraction of sp³-hybridized carbons (Fsp3) is 0.308. The number of likely N-dealkylation sites (tertiary alicyclic amines) is 1.